The van der Waals surface area contributed by atoms with E-state index in [4.69, 9.17) is 5.11 Å². The minimum atomic E-state index is -0.392. The number of aryl methyl sites for hydroxylation is 1. The number of hydrogen-bond acceptors (Lipinski definition) is 5. The van der Waals surface area contributed by atoms with Gasteiger partial charge in [0.25, 0.3) is 5.56 Å². The van der Waals surface area contributed by atoms with Crippen LogP contribution in [0.25, 0.3) is 11.2 Å². The van der Waals surface area contributed by atoms with Crippen LogP contribution < -0.4 is 16.6 Å². The molecule has 3 aromatic rings. The second-order valence-electron chi connectivity index (χ2n) is 6.31. The maximum absolute atomic E-state index is 12.6. The standard InChI is InChI=1S/C18H23N5O3/c1-21-16-15(17(25)22(2)18(21)26)23(12-20-16)11-14(10-19-8-9-24)13-6-4-3-5-7-13/h3-7,12,14,19,24H,8-11H2,1-2H3. The van der Waals surface area contributed by atoms with Gasteiger partial charge in [-0.15, -0.1) is 0 Å². The second kappa shape index (κ2) is 7.67. The number of aliphatic hydroxyl groups excluding tert-OH is 1. The van der Waals surface area contributed by atoms with Crippen molar-refractivity contribution in [2.45, 2.75) is 12.5 Å². The largest absolute Gasteiger partial charge is 0.395 e. The van der Waals surface area contributed by atoms with E-state index in [1.165, 1.54) is 11.6 Å². The molecule has 1 atom stereocenters. The SMILES string of the molecule is Cn1c(=O)c2c(ncn2CC(CNCCO)c2ccccc2)n(C)c1=O. The smallest absolute Gasteiger partial charge is 0.332 e. The van der Waals surface area contributed by atoms with Crippen LogP contribution in [0.4, 0.5) is 0 Å². The summed E-state index contributed by atoms with van der Waals surface area (Å²) in [6.07, 6.45) is 1.60. The molecule has 0 aliphatic rings. The van der Waals surface area contributed by atoms with Gasteiger partial charge in [0.05, 0.1) is 12.9 Å². The van der Waals surface area contributed by atoms with E-state index in [0.717, 1.165) is 10.1 Å². The number of hydrogen-bond donors (Lipinski definition) is 2. The van der Waals surface area contributed by atoms with Crippen molar-refractivity contribution in [1.82, 2.24) is 24.0 Å². The fraction of sp³-hybridized carbons (Fsp3) is 0.389. The molecule has 2 heterocycles. The van der Waals surface area contributed by atoms with E-state index in [0.29, 0.717) is 30.8 Å². The fourth-order valence-electron chi connectivity index (χ4n) is 3.14. The molecule has 0 bridgehead atoms. The third kappa shape index (κ3) is 3.33. The van der Waals surface area contributed by atoms with Crippen LogP contribution in [0, 0.1) is 0 Å². The molecular formula is C18H23N5O3. The second-order valence-corrected chi connectivity index (χ2v) is 6.31. The Bertz CT molecular complexity index is 1000. The van der Waals surface area contributed by atoms with Crippen molar-refractivity contribution in [3.63, 3.8) is 0 Å². The number of nitrogens with zero attached hydrogens (tertiary/aromatic N) is 4. The zero-order valence-electron chi connectivity index (χ0n) is 14.9. The van der Waals surface area contributed by atoms with Gasteiger partial charge >= 0.3 is 5.69 Å². The third-order valence-corrected chi connectivity index (χ3v) is 4.58. The van der Waals surface area contributed by atoms with E-state index in [2.05, 4.69) is 10.3 Å². The van der Waals surface area contributed by atoms with E-state index in [9.17, 15) is 9.59 Å². The van der Waals surface area contributed by atoms with Gasteiger partial charge < -0.3 is 15.0 Å². The Balaban J connectivity index is 2.02. The molecule has 26 heavy (non-hydrogen) atoms. The lowest BCUT2D eigenvalue weighted by molar-refractivity contribution is 0.290. The van der Waals surface area contributed by atoms with Crippen molar-refractivity contribution in [1.29, 1.82) is 0 Å². The van der Waals surface area contributed by atoms with Crippen LogP contribution in [0.5, 0.6) is 0 Å². The maximum atomic E-state index is 12.6. The molecule has 0 saturated heterocycles. The molecule has 0 amide bonds. The first-order chi connectivity index (χ1) is 12.5. The van der Waals surface area contributed by atoms with Gasteiger partial charge in [0.15, 0.2) is 11.2 Å². The number of rotatable bonds is 7. The molecule has 2 aromatic heterocycles. The summed E-state index contributed by atoms with van der Waals surface area (Å²) in [7, 11) is 3.08. The molecule has 138 valence electrons. The van der Waals surface area contributed by atoms with Crippen LogP contribution in [0.15, 0.2) is 46.2 Å². The van der Waals surface area contributed by atoms with Crippen LogP contribution in [0.3, 0.4) is 0 Å². The Morgan fingerprint density at radius 2 is 1.88 bits per heavy atom. The molecule has 1 unspecified atom stereocenters. The number of aliphatic hydroxyl groups is 1. The Hall–Kier alpha value is -2.71. The van der Waals surface area contributed by atoms with Crippen molar-refractivity contribution in [2.75, 3.05) is 19.7 Å². The predicted octanol–water partition coefficient (Wildman–Crippen LogP) is -0.201. The topological polar surface area (TPSA) is 94.1 Å². The summed E-state index contributed by atoms with van der Waals surface area (Å²) < 4.78 is 4.28. The normalized spacial score (nSPS) is 12.6. The summed E-state index contributed by atoms with van der Waals surface area (Å²) in [5, 5.41) is 12.2. The quantitative estimate of drug-likeness (QED) is 0.571. The van der Waals surface area contributed by atoms with Gasteiger partial charge in [-0.05, 0) is 5.56 Å². The Kier molecular flexibility index (Phi) is 5.34. The third-order valence-electron chi connectivity index (χ3n) is 4.58. The molecule has 0 radical (unpaired) electrons. The van der Waals surface area contributed by atoms with Gasteiger partial charge in [-0.25, -0.2) is 9.78 Å². The summed E-state index contributed by atoms with van der Waals surface area (Å²) in [4.78, 5) is 29.0. The van der Waals surface area contributed by atoms with Gasteiger partial charge in [0.1, 0.15) is 0 Å². The molecular weight excluding hydrogens is 334 g/mol. The molecule has 0 fully saturated rings. The number of nitrogens with one attached hydrogen (secondary N) is 1. The van der Waals surface area contributed by atoms with Crippen LogP contribution in [0.1, 0.15) is 11.5 Å². The predicted molar refractivity (Wildman–Crippen MR) is 99.4 cm³/mol. The van der Waals surface area contributed by atoms with E-state index in [-0.39, 0.29) is 18.1 Å². The number of aromatic nitrogens is 4. The van der Waals surface area contributed by atoms with Crippen molar-refractivity contribution in [2.24, 2.45) is 14.1 Å². The molecule has 8 heteroatoms. The van der Waals surface area contributed by atoms with Gasteiger partial charge in [0.2, 0.25) is 0 Å². The zero-order valence-corrected chi connectivity index (χ0v) is 14.9. The van der Waals surface area contributed by atoms with Gasteiger partial charge in [0, 0.05) is 39.6 Å². The minimum Gasteiger partial charge on any atom is -0.395 e. The Labute approximate surface area is 150 Å². The average molecular weight is 357 g/mol. The van der Waals surface area contributed by atoms with E-state index in [1.54, 1.807) is 17.9 Å². The highest BCUT2D eigenvalue weighted by molar-refractivity contribution is 5.69. The zero-order chi connectivity index (χ0) is 18.7. The Morgan fingerprint density at radius 3 is 2.58 bits per heavy atom. The summed E-state index contributed by atoms with van der Waals surface area (Å²) in [6, 6.07) is 9.99. The monoisotopic (exact) mass is 357 g/mol. The fourth-order valence-corrected chi connectivity index (χ4v) is 3.14. The summed E-state index contributed by atoms with van der Waals surface area (Å²) >= 11 is 0. The lowest BCUT2D eigenvalue weighted by atomic mass is 9.99. The molecule has 0 saturated carbocycles. The van der Waals surface area contributed by atoms with Gasteiger partial charge in [-0.3, -0.25) is 13.9 Å². The first-order valence-electron chi connectivity index (χ1n) is 8.52. The molecule has 8 nitrogen and oxygen atoms in total. The molecule has 0 aliphatic carbocycles. The van der Waals surface area contributed by atoms with Crippen molar-refractivity contribution in [3.05, 3.63) is 63.1 Å². The highest BCUT2D eigenvalue weighted by Crippen LogP contribution is 2.19. The molecule has 3 rings (SSSR count). The molecule has 2 N–H and O–H groups in total. The van der Waals surface area contributed by atoms with Crippen molar-refractivity contribution in [3.8, 4) is 0 Å². The summed E-state index contributed by atoms with van der Waals surface area (Å²) in [5.41, 5.74) is 1.18. The Morgan fingerprint density at radius 1 is 1.15 bits per heavy atom. The van der Waals surface area contributed by atoms with Crippen LogP contribution >= 0.6 is 0 Å². The van der Waals surface area contributed by atoms with Gasteiger partial charge in [-0.2, -0.15) is 0 Å². The van der Waals surface area contributed by atoms with E-state index >= 15 is 0 Å². The van der Waals surface area contributed by atoms with Crippen LogP contribution in [-0.2, 0) is 20.6 Å². The summed E-state index contributed by atoms with van der Waals surface area (Å²) in [5.74, 6) is 0.0853. The van der Waals surface area contributed by atoms with Gasteiger partial charge in [-0.1, -0.05) is 30.3 Å². The van der Waals surface area contributed by atoms with E-state index in [1.807, 2.05) is 30.3 Å². The number of imidazole rings is 1. The van der Waals surface area contributed by atoms with Crippen molar-refractivity contribution < 1.29 is 5.11 Å². The number of benzene rings is 1. The molecule has 0 aliphatic heterocycles. The highest BCUT2D eigenvalue weighted by Gasteiger charge is 2.18. The van der Waals surface area contributed by atoms with E-state index < -0.39 is 5.69 Å². The molecule has 0 spiro atoms. The minimum absolute atomic E-state index is 0.0676. The maximum Gasteiger partial charge on any atom is 0.332 e. The number of fused-ring (bicyclic) bond motifs is 1. The van der Waals surface area contributed by atoms with Crippen LogP contribution in [0.2, 0.25) is 0 Å². The average Bonchev–Trinajstić information content (AvgIpc) is 3.08. The first-order valence-corrected chi connectivity index (χ1v) is 8.52. The van der Waals surface area contributed by atoms with Crippen molar-refractivity contribution >= 4 is 11.2 Å². The summed E-state index contributed by atoms with van der Waals surface area (Å²) in [6.45, 7) is 1.76. The lowest BCUT2D eigenvalue weighted by Crippen LogP contribution is -2.37. The highest BCUT2D eigenvalue weighted by atomic mass is 16.3. The lowest BCUT2D eigenvalue weighted by Gasteiger charge is -2.19. The van der Waals surface area contributed by atoms with Crippen LogP contribution in [-0.4, -0.2) is 43.5 Å². The first kappa shape index (κ1) is 18.1. The molecule has 1 aromatic carbocycles.